The summed E-state index contributed by atoms with van der Waals surface area (Å²) in [6, 6.07) is 16.7. The molecule has 0 aliphatic rings. The first-order valence-corrected chi connectivity index (χ1v) is 11.6. The molecule has 4 N–H and O–H groups in total. The summed E-state index contributed by atoms with van der Waals surface area (Å²) in [5, 5.41) is 2.65. The van der Waals surface area contributed by atoms with Crippen LogP contribution in [0.3, 0.4) is 0 Å². The van der Waals surface area contributed by atoms with Crippen LogP contribution in [-0.4, -0.2) is 51.8 Å². The highest BCUT2D eigenvalue weighted by atomic mass is 32.2. The van der Waals surface area contributed by atoms with Crippen LogP contribution < -0.4 is 15.8 Å². The lowest BCUT2D eigenvalue weighted by molar-refractivity contribution is -0.142. The molecule has 2 atom stereocenters. The number of nitrogens with two attached hydrogens (primary N) is 1. The Hall–Kier alpha value is -2.75. The molecule has 1 amide bonds. The van der Waals surface area contributed by atoms with Gasteiger partial charge in [0.25, 0.3) is 0 Å². The molecule has 0 bridgehead atoms. The molecule has 0 aliphatic heterocycles. The molecular formula is C22H29N3O5S. The lowest BCUT2D eigenvalue weighted by Gasteiger charge is -2.17. The topological polar surface area (TPSA) is 128 Å². The second kappa shape index (κ2) is 12.2. The van der Waals surface area contributed by atoms with E-state index in [0.717, 1.165) is 11.1 Å². The average Bonchev–Trinajstić information content (AvgIpc) is 2.76. The van der Waals surface area contributed by atoms with Crippen LogP contribution in [0.25, 0.3) is 0 Å². The number of sulfonamides is 1. The van der Waals surface area contributed by atoms with Crippen molar-refractivity contribution in [3.63, 3.8) is 0 Å². The molecule has 2 aromatic rings. The molecular weight excluding hydrogens is 418 g/mol. The summed E-state index contributed by atoms with van der Waals surface area (Å²) in [5.74, 6) is -1.25. The summed E-state index contributed by atoms with van der Waals surface area (Å²) >= 11 is 0. The van der Waals surface area contributed by atoms with Gasteiger partial charge in [0, 0.05) is 6.54 Å². The van der Waals surface area contributed by atoms with E-state index in [1.54, 1.807) is 12.1 Å². The highest BCUT2D eigenvalue weighted by Crippen LogP contribution is 2.06. The molecule has 0 unspecified atom stereocenters. The lowest BCUT2D eigenvalue weighted by Crippen LogP contribution is -2.45. The van der Waals surface area contributed by atoms with E-state index in [4.69, 9.17) is 10.5 Å². The van der Waals surface area contributed by atoms with Crippen LogP contribution in [-0.2, 0) is 37.2 Å². The number of rotatable bonds is 12. The van der Waals surface area contributed by atoms with Gasteiger partial charge in [0.05, 0.1) is 18.9 Å². The Labute approximate surface area is 183 Å². The number of carbonyl (C=O) groups is 2. The van der Waals surface area contributed by atoms with Crippen LogP contribution in [0, 0.1) is 0 Å². The van der Waals surface area contributed by atoms with E-state index in [1.165, 1.54) is 7.11 Å². The minimum absolute atomic E-state index is 0.157. The van der Waals surface area contributed by atoms with Crippen molar-refractivity contribution >= 4 is 21.9 Å². The third kappa shape index (κ3) is 8.87. The zero-order valence-corrected chi connectivity index (χ0v) is 18.3. The standard InChI is InChI=1S/C22H29N3O5S/c1-30-22(27)20(16-18-11-6-3-7-12-18)25-31(28,29)14-8-13-24-21(26)19(23)15-17-9-4-2-5-10-17/h2-7,9-12,19-20,25H,8,13-16,23H2,1H3,(H,24,26)/t19-,20-/m0/s1. The van der Waals surface area contributed by atoms with Crippen LogP contribution in [0.2, 0.25) is 0 Å². The van der Waals surface area contributed by atoms with Gasteiger partial charge in [-0.3, -0.25) is 9.59 Å². The molecule has 2 aromatic carbocycles. The van der Waals surface area contributed by atoms with Gasteiger partial charge in [0.15, 0.2) is 0 Å². The molecule has 0 aliphatic carbocycles. The van der Waals surface area contributed by atoms with E-state index in [1.807, 2.05) is 48.5 Å². The van der Waals surface area contributed by atoms with E-state index in [-0.39, 0.29) is 31.0 Å². The number of carbonyl (C=O) groups excluding carboxylic acids is 2. The summed E-state index contributed by atoms with van der Waals surface area (Å²) in [5.41, 5.74) is 7.67. The largest absolute Gasteiger partial charge is 0.468 e. The maximum Gasteiger partial charge on any atom is 0.324 e. The third-order valence-corrected chi connectivity index (χ3v) is 6.08. The Morgan fingerprint density at radius 3 is 2.06 bits per heavy atom. The van der Waals surface area contributed by atoms with Gasteiger partial charge in [0.1, 0.15) is 6.04 Å². The van der Waals surface area contributed by atoms with Gasteiger partial charge >= 0.3 is 5.97 Å². The molecule has 0 radical (unpaired) electrons. The molecule has 0 spiro atoms. The normalized spacial score (nSPS) is 13.2. The van der Waals surface area contributed by atoms with E-state index in [0.29, 0.717) is 6.42 Å². The van der Waals surface area contributed by atoms with E-state index in [2.05, 4.69) is 10.0 Å². The number of amides is 1. The molecule has 9 heteroatoms. The van der Waals surface area contributed by atoms with Gasteiger partial charge in [0.2, 0.25) is 15.9 Å². The molecule has 0 aromatic heterocycles. The SMILES string of the molecule is COC(=O)[C@H](Cc1ccccc1)NS(=O)(=O)CCCNC(=O)[C@@H](N)Cc1ccccc1. The number of nitrogens with one attached hydrogen (secondary N) is 2. The van der Waals surface area contributed by atoms with Gasteiger partial charge in [-0.1, -0.05) is 60.7 Å². The highest BCUT2D eigenvalue weighted by molar-refractivity contribution is 7.89. The fourth-order valence-corrected chi connectivity index (χ4v) is 4.26. The maximum absolute atomic E-state index is 12.4. The van der Waals surface area contributed by atoms with Crippen LogP contribution in [0.15, 0.2) is 60.7 Å². The van der Waals surface area contributed by atoms with Crippen LogP contribution in [0.4, 0.5) is 0 Å². The molecule has 2 rings (SSSR count). The predicted molar refractivity (Wildman–Crippen MR) is 119 cm³/mol. The molecule has 8 nitrogen and oxygen atoms in total. The molecule has 168 valence electrons. The fourth-order valence-electron chi connectivity index (χ4n) is 3.01. The first kappa shape index (κ1) is 24.5. The molecule has 0 heterocycles. The van der Waals surface area contributed by atoms with Gasteiger partial charge in [-0.25, -0.2) is 13.1 Å². The number of hydrogen-bond donors (Lipinski definition) is 3. The number of benzene rings is 2. The Bertz CT molecular complexity index is 936. The zero-order valence-electron chi connectivity index (χ0n) is 17.5. The Morgan fingerprint density at radius 2 is 1.52 bits per heavy atom. The minimum Gasteiger partial charge on any atom is -0.468 e. The van der Waals surface area contributed by atoms with Crippen molar-refractivity contribution in [2.24, 2.45) is 5.73 Å². The summed E-state index contributed by atoms with van der Waals surface area (Å²) in [4.78, 5) is 24.1. The number of methoxy groups -OCH3 is 1. The minimum atomic E-state index is -3.76. The summed E-state index contributed by atoms with van der Waals surface area (Å²) in [6.45, 7) is 0.157. The van der Waals surface area contributed by atoms with E-state index in [9.17, 15) is 18.0 Å². The van der Waals surface area contributed by atoms with E-state index >= 15 is 0 Å². The third-order valence-electron chi connectivity index (χ3n) is 4.61. The van der Waals surface area contributed by atoms with Gasteiger partial charge < -0.3 is 15.8 Å². The predicted octanol–water partition coefficient (Wildman–Crippen LogP) is 0.766. The highest BCUT2D eigenvalue weighted by Gasteiger charge is 2.25. The van der Waals surface area contributed by atoms with Gasteiger partial charge in [-0.05, 0) is 30.4 Å². The van der Waals surface area contributed by atoms with Crippen LogP contribution in [0.1, 0.15) is 17.5 Å². The number of ether oxygens (including phenoxy) is 1. The zero-order chi connectivity index (χ0) is 22.7. The molecule has 31 heavy (non-hydrogen) atoms. The second-order valence-corrected chi connectivity index (χ2v) is 9.02. The second-order valence-electron chi connectivity index (χ2n) is 7.14. The van der Waals surface area contributed by atoms with Gasteiger partial charge in [-0.2, -0.15) is 0 Å². The van der Waals surface area contributed by atoms with Crippen molar-refractivity contribution in [3.05, 3.63) is 71.8 Å². The summed E-state index contributed by atoms with van der Waals surface area (Å²) in [7, 11) is -2.54. The quantitative estimate of drug-likeness (QED) is 0.326. The van der Waals surface area contributed by atoms with Crippen molar-refractivity contribution in [2.45, 2.75) is 31.3 Å². The molecule has 0 fully saturated rings. The maximum atomic E-state index is 12.4. The van der Waals surface area contributed by atoms with Crippen molar-refractivity contribution in [3.8, 4) is 0 Å². The van der Waals surface area contributed by atoms with Crippen molar-refractivity contribution < 1.29 is 22.7 Å². The summed E-state index contributed by atoms with van der Waals surface area (Å²) in [6.07, 6.45) is 0.753. The fraction of sp³-hybridized carbons (Fsp3) is 0.364. The number of hydrogen-bond acceptors (Lipinski definition) is 6. The molecule has 0 saturated heterocycles. The van der Waals surface area contributed by atoms with Gasteiger partial charge in [-0.15, -0.1) is 0 Å². The smallest absolute Gasteiger partial charge is 0.324 e. The van der Waals surface area contributed by atoms with Crippen molar-refractivity contribution in [1.82, 2.24) is 10.0 Å². The Balaban J connectivity index is 1.80. The van der Waals surface area contributed by atoms with Crippen molar-refractivity contribution in [2.75, 3.05) is 19.4 Å². The average molecular weight is 448 g/mol. The first-order valence-electron chi connectivity index (χ1n) is 9.99. The monoisotopic (exact) mass is 447 g/mol. The van der Waals surface area contributed by atoms with E-state index < -0.39 is 28.1 Å². The lowest BCUT2D eigenvalue weighted by atomic mass is 10.1. The van der Waals surface area contributed by atoms with Crippen LogP contribution in [0.5, 0.6) is 0 Å². The summed E-state index contributed by atoms with van der Waals surface area (Å²) < 4.78 is 32.0. The Kier molecular flexibility index (Phi) is 9.64. The van der Waals surface area contributed by atoms with Crippen molar-refractivity contribution in [1.29, 1.82) is 0 Å². The molecule has 0 saturated carbocycles. The first-order chi connectivity index (χ1) is 14.8. The number of esters is 1. The Morgan fingerprint density at radius 1 is 0.968 bits per heavy atom. The van der Waals surface area contributed by atoms with Crippen LogP contribution >= 0.6 is 0 Å².